The van der Waals surface area contributed by atoms with E-state index in [1.165, 1.54) is 40.0 Å². The molecule has 0 radical (unpaired) electrons. The summed E-state index contributed by atoms with van der Waals surface area (Å²) < 4.78 is 0. The van der Waals surface area contributed by atoms with Crippen molar-refractivity contribution in [1.82, 2.24) is 0 Å². The first-order valence-corrected chi connectivity index (χ1v) is 15.2. The third-order valence-electron chi connectivity index (χ3n) is 5.59. The zero-order valence-electron chi connectivity index (χ0n) is 20.3. The van der Waals surface area contributed by atoms with Gasteiger partial charge in [0, 0.05) is 27.5 Å². The van der Waals surface area contributed by atoms with Gasteiger partial charge >= 0.3 is 0 Å². The van der Waals surface area contributed by atoms with Gasteiger partial charge in [-0.3, -0.25) is 0 Å². The maximum atomic E-state index is 4.82. The molecule has 0 atom stereocenters. The molecule has 0 amide bonds. The molecule has 0 aliphatic rings. The van der Waals surface area contributed by atoms with Gasteiger partial charge in [0.05, 0.1) is 49.4 Å². The summed E-state index contributed by atoms with van der Waals surface area (Å²) >= 11 is 0. The Kier molecular flexibility index (Phi) is 13.6. The molecule has 0 N–H and O–H groups in total. The summed E-state index contributed by atoms with van der Waals surface area (Å²) in [4.78, 5) is 0. The van der Waals surface area contributed by atoms with Crippen LogP contribution in [0.3, 0.4) is 0 Å². The van der Waals surface area contributed by atoms with Crippen LogP contribution in [0.4, 0.5) is 0 Å². The number of hydrogen-bond acceptors (Lipinski definition) is 0. The maximum absolute atomic E-state index is 4.82. The number of rotatable bonds is 8. The average molecular weight is 676 g/mol. The minimum absolute atomic E-state index is 0. The minimum Gasteiger partial charge on any atom is -0.115 e. The molecule has 3 heteroatoms. The zero-order chi connectivity index (χ0) is 24.0. The summed E-state index contributed by atoms with van der Waals surface area (Å²) in [6.07, 6.45) is 8.66. The Morgan fingerprint density at radius 1 is 0.600 bits per heavy atom. The summed E-state index contributed by atoms with van der Waals surface area (Å²) in [5.74, 6) is 2.33. The number of hydrogen-bond donors (Lipinski definition) is 0. The Bertz CT molecular complexity index is 992. The molecule has 0 unspecified atom stereocenters. The molecule has 0 aromatic heterocycles. The second-order valence-electron chi connectivity index (χ2n) is 8.20. The molecule has 35 heavy (non-hydrogen) atoms. The van der Waals surface area contributed by atoms with Crippen LogP contribution >= 0.6 is 15.8 Å². The van der Waals surface area contributed by atoms with Crippen molar-refractivity contribution in [3.8, 4) is 12.3 Å². The standard InChI is InChI=1S/C27H26P2.C5H6.Pt/c1-5-14-24(15-6-1)28(25-16-7-2-8-17-25)22-13-23-29(26-18-9-3-10-19-26)27-20-11-4-12-21-27;1-4-5(2)3;/h1-12,14-21H,13,22-23H2;1H,2H2,3H3;/p+2. The van der Waals surface area contributed by atoms with E-state index >= 15 is 0 Å². The Balaban J connectivity index is 0.000000656. The molecule has 0 saturated heterocycles. The van der Waals surface area contributed by atoms with Crippen LogP contribution in [0.2, 0.25) is 0 Å². The molecule has 0 aliphatic carbocycles. The molecular formula is C32H34P2Pt+2. The molecule has 0 fully saturated rings. The molecule has 4 aromatic rings. The van der Waals surface area contributed by atoms with Crippen molar-refractivity contribution in [1.29, 1.82) is 0 Å². The fraction of sp³-hybridized carbons (Fsp3) is 0.125. The fourth-order valence-corrected chi connectivity index (χ4v) is 9.52. The van der Waals surface area contributed by atoms with Crippen molar-refractivity contribution in [2.45, 2.75) is 13.3 Å². The molecule has 180 valence electrons. The van der Waals surface area contributed by atoms with Crippen LogP contribution in [0.25, 0.3) is 0 Å². The van der Waals surface area contributed by atoms with Crippen LogP contribution in [0, 0.1) is 12.3 Å². The van der Waals surface area contributed by atoms with E-state index in [9.17, 15) is 0 Å². The SMILES string of the molecule is C#CC(=C)C.[Pt].c1ccc([PH+](CCC[PH+](c2ccccc2)c2ccccc2)c2ccccc2)cc1. The molecule has 0 heterocycles. The van der Waals surface area contributed by atoms with E-state index in [2.05, 4.69) is 134 Å². The topological polar surface area (TPSA) is 0 Å². The predicted molar refractivity (Wildman–Crippen MR) is 159 cm³/mol. The quantitative estimate of drug-likeness (QED) is 0.152. The molecule has 4 rings (SSSR count). The van der Waals surface area contributed by atoms with Gasteiger partial charge in [0.15, 0.2) is 0 Å². The Morgan fingerprint density at radius 3 is 1.03 bits per heavy atom. The molecule has 0 spiro atoms. The van der Waals surface area contributed by atoms with Gasteiger partial charge in [-0.2, -0.15) is 0 Å². The molecule has 4 aromatic carbocycles. The average Bonchev–Trinajstić information content (AvgIpc) is 2.91. The first-order chi connectivity index (χ1) is 16.7. The van der Waals surface area contributed by atoms with Crippen LogP contribution in [0.5, 0.6) is 0 Å². The van der Waals surface area contributed by atoms with Crippen LogP contribution in [0.15, 0.2) is 133 Å². The molecular weight excluding hydrogens is 641 g/mol. The van der Waals surface area contributed by atoms with Crippen molar-refractivity contribution in [3.05, 3.63) is 133 Å². The molecule has 0 bridgehead atoms. The van der Waals surface area contributed by atoms with Gasteiger partial charge in [-0.15, -0.1) is 6.42 Å². The van der Waals surface area contributed by atoms with Crippen LogP contribution in [-0.4, -0.2) is 12.3 Å². The maximum Gasteiger partial charge on any atom is 0.0966 e. The monoisotopic (exact) mass is 675 g/mol. The van der Waals surface area contributed by atoms with Gasteiger partial charge in [-0.25, -0.2) is 0 Å². The van der Waals surface area contributed by atoms with E-state index < -0.39 is 15.8 Å². The molecule has 0 nitrogen and oxygen atoms in total. The Hall–Kier alpha value is -2.27. The van der Waals surface area contributed by atoms with E-state index in [1.54, 1.807) is 6.92 Å². The predicted octanol–water partition coefficient (Wildman–Crippen LogP) is 6.30. The van der Waals surface area contributed by atoms with Gasteiger partial charge in [0.25, 0.3) is 0 Å². The van der Waals surface area contributed by atoms with Gasteiger partial charge in [-0.05, 0) is 61.0 Å². The Labute approximate surface area is 228 Å². The van der Waals surface area contributed by atoms with E-state index in [0.717, 1.165) is 5.57 Å². The van der Waals surface area contributed by atoms with E-state index in [0.29, 0.717) is 0 Å². The second kappa shape index (κ2) is 16.4. The van der Waals surface area contributed by atoms with Crippen molar-refractivity contribution in [2.24, 2.45) is 0 Å². The van der Waals surface area contributed by atoms with Crippen molar-refractivity contribution < 1.29 is 21.1 Å². The van der Waals surface area contributed by atoms with Gasteiger partial charge in [0.2, 0.25) is 0 Å². The number of terminal acetylenes is 1. The smallest absolute Gasteiger partial charge is 0.0966 e. The van der Waals surface area contributed by atoms with Gasteiger partial charge < -0.3 is 0 Å². The largest absolute Gasteiger partial charge is 0.115 e. The third-order valence-corrected chi connectivity index (χ3v) is 11.4. The first-order valence-electron chi connectivity index (χ1n) is 11.7. The van der Waals surface area contributed by atoms with E-state index in [4.69, 9.17) is 6.42 Å². The van der Waals surface area contributed by atoms with Crippen molar-refractivity contribution in [3.63, 3.8) is 0 Å². The Morgan fingerprint density at radius 2 is 0.829 bits per heavy atom. The summed E-state index contributed by atoms with van der Waals surface area (Å²) in [5, 5.41) is 6.10. The van der Waals surface area contributed by atoms with Gasteiger partial charge in [0.1, 0.15) is 0 Å². The van der Waals surface area contributed by atoms with Crippen molar-refractivity contribution in [2.75, 3.05) is 12.3 Å². The molecule has 0 saturated carbocycles. The van der Waals surface area contributed by atoms with E-state index in [-0.39, 0.29) is 21.1 Å². The van der Waals surface area contributed by atoms with Crippen LogP contribution in [-0.2, 0) is 21.1 Å². The first kappa shape index (κ1) is 29.0. The van der Waals surface area contributed by atoms with Gasteiger partial charge in [-0.1, -0.05) is 85.3 Å². The van der Waals surface area contributed by atoms with E-state index in [1.807, 2.05) is 0 Å². The summed E-state index contributed by atoms with van der Waals surface area (Å²) in [7, 11) is -1.48. The number of benzene rings is 4. The normalized spacial score (nSPS) is 10.0. The van der Waals surface area contributed by atoms with Crippen molar-refractivity contribution >= 4 is 37.1 Å². The summed E-state index contributed by atoms with van der Waals surface area (Å²) in [6, 6.07) is 44.6. The number of allylic oxidation sites excluding steroid dienone is 1. The van der Waals surface area contributed by atoms with Crippen LogP contribution < -0.4 is 21.2 Å². The second-order valence-corrected chi connectivity index (χ2v) is 13.4. The minimum atomic E-state index is -0.742. The zero-order valence-corrected chi connectivity index (χ0v) is 24.5. The summed E-state index contributed by atoms with van der Waals surface area (Å²) in [6.45, 7) is 5.23. The van der Waals surface area contributed by atoms with Crippen LogP contribution in [0.1, 0.15) is 13.3 Å². The third kappa shape index (κ3) is 9.71. The molecule has 0 aliphatic heterocycles. The fourth-order valence-electron chi connectivity index (χ4n) is 3.91. The summed E-state index contributed by atoms with van der Waals surface area (Å²) in [5.41, 5.74) is 0.782.